The summed E-state index contributed by atoms with van der Waals surface area (Å²) in [5.74, 6) is 2.64. The molecule has 96 valence electrons. The third kappa shape index (κ3) is 10.3. The molecule has 0 saturated carbocycles. The summed E-state index contributed by atoms with van der Waals surface area (Å²) in [4.78, 5) is 0. The van der Waals surface area contributed by atoms with Gasteiger partial charge in [-0.2, -0.15) is 0 Å². The molecule has 0 aliphatic heterocycles. The van der Waals surface area contributed by atoms with Crippen molar-refractivity contribution in [3.63, 3.8) is 0 Å². The van der Waals surface area contributed by atoms with Crippen molar-refractivity contribution < 1.29 is 0 Å². The predicted octanol–water partition coefficient (Wildman–Crippen LogP) is 5.83. The van der Waals surface area contributed by atoms with Gasteiger partial charge in [-0.1, -0.05) is 65.0 Å². The van der Waals surface area contributed by atoms with E-state index in [1.54, 1.807) is 0 Å². The van der Waals surface area contributed by atoms with E-state index in [0.29, 0.717) is 0 Å². The average Bonchev–Trinajstić information content (AvgIpc) is 2.20. The first kappa shape index (κ1) is 15.7. The van der Waals surface area contributed by atoms with Crippen molar-refractivity contribution in [1.29, 1.82) is 0 Å². The number of hydrogen-bond acceptors (Lipinski definition) is 0. The molecule has 0 N–H and O–H groups in total. The standard InChI is InChI=1S/C16H32/c1-13(2)7-9-15(5)11-12-16(6)10-8-14(3)4/h7,14-16H,8-12H2,1-6H3/t15-,16-/m1/s1. The average molecular weight is 224 g/mol. The third-order valence-corrected chi connectivity index (χ3v) is 3.32. The molecule has 0 aliphatic carbocycles. The van der Waals surface area contributed by atoms with E-state index >= 15 is 0 Å². The molecule has 0 fully saturated rings. The molecule has 0 nitrogen and oxygen atoms in total. The Labute approximate surface area is 104 Å². The van der Waals surface area contributed by atoms with E-state index in [1.807, 2.05) is 0 Å². The highest BCUT2D eigenvalue weighted by molar-refractivity contribution is 4.93. The second kappa shape index (κ2) is 8.84. The minimum atomic E-state index is 0.858. The van der Waals surface area contributed by atoms with Crippen LogP contribution >= 0.6 is 0 Å². The molecule has 0 aromatic rings. The largest absolute Gasteiger partial charge is 0.0856 e. The first-order valence-corrected chi connectivity index (χ1v) is 7.05. The van der Waals surface area contributed by atoms with Crippen LogP contribution in [0.2, 0.25) is 0 Å². The molecule has 0 radical (unpaired) electrons. The van der Waals surface area contributed by atoms with Gasteiger partial charge in [0.2, 0.25) is 0 Å². The maximum Gasteiger partial charge on any atom is -0.0322 e. The second-order valence-electron chi connectivity index (χ2n) is 6.28. The topological polar surface area (TPSA) is 0 Å². The summed E-state index contributed by atoms with van der Waals surface area (Å²) in [5.41, 5.74) is 1.46. The van der Waals surface area contributed by atoms with Crippen LogP contribution in [-0.2, 0) is 0 Å². The highest BCUT2D eigenvalue weighted by atomic mass is 14.1. The van der Waals surface area contributed by atoms with Gasteiger partial charge in [-0.15, -0.1) is 0 Å². The Balaban J connectivity index is 3.58. The summed E-state index contributed by atoms with van der Waals surface area (Å²) < 4.78 is 0. The van der Waals surface area contributed by atoms with Crippen molar-refractivity contribution in [2.45, 2.75) is 73.6 Å². The molecule has 0 unspecified atom stereocenters. The molecule has 0 rings (SSSR count). The van der Waals surface area contributed by atoms with E-state index in [2.05, 4.69) is 47.6 Å². The Morgan fingerprint density at radius 2 is 1.31 bits per heavy atom. The molecule has 0 bridgehead atoms. The number of allylic oxidation sites excluding steroid dienone is 2. The van der Waals surface area contributed by atoms with Gasteiger partial charge in [-0.3, -0.25) is 0 Å². The van der Waals surface area contributed by atoms with Crippen molar-refractivity contribution in [1.82, 2.24) is 0 Å². The van der Waals surface area contributed by atoms with Crippen LogP contribution in [0.3, 0.4) is 0 Å². The lowest BCUT2D eigenvalue weighted by atomic mass is 9.91. The van der Waals surface area contributed by atoms with E-state index in [0.717, 1.165) is 17.8 Å². The van der Waals surface area contributed by atoms with Crippen molar-refractivity contribution in [3.05, 3.63) is 11.6 Å². The van der Waals surface area contributed by atoms with Gasteiger partial charge in [0.15, 0.2) is 0 Å². The van der Waals surface area contributed by atoms with Crippen LogP contribution in [0.15, 0.2) is 11.6 Å². The van der Waals surface area contributed by atoms with Gasteiger partial charge in [0.1, 0.15) is 0 Å². The molecule has 0 aromatic carbocycles. The Kier molecular flexibility index (Phi) is 8.70. The molecule has 0 heteroatoms. The lowest BCUT2D eigenvalue weighted by Crippen LogP contribution is -2.01. The van der Waals surface area contributed by atoms with Crippen LogP contribution in [0.4, 0.5) is 0 Å². The van der Waals surface area contributed by atoms with Gasteiger partial charge < -0.3 is 0 Å². The fourth-order valence-corrected chi connectivity index (χ4v) is 1.89. The van der Waals surface area contributed by atoms with Gasteiger partial charge in [-0.25, -0.2) is 0 Å². The Morgan fingerprint density at radius 1 is 0.812 bits per heavy atom. The maximum atomic E-state index is 2.41. The van der Waals surface area contributed by atoms with Gasteiger partial charge in [0.05, 0.1) is 0 Å². The van der Waals surface area contributed by atoms with Crippen LogP contribution in [0.1, 0.15) is 73.6 Å². The third-order valence-electron chi connectivity index (χ3n) is 3.32. The SMILES string of the molecule is CC(C)=CC[C@@H](C)CC[C@H](C)CCC(C)C. The molecule has 0 amide bonds. The highest BCUT2D eigenvalue weighted by Gasteiger charge is 2.06. The van der Waals surface area contributed by atoms with E-state index in [1.165, 1.54) is 37.7 Å². The first-order chi connectivity index (χ1) is 7.41. The zero-order chi connectivity index (χ0) is 12.6. The van der Waals surface area contributed by atoms with Crippen LogP contribution in [-0.4, -0.2) is 0 Å². The second-order valence-corrected chi connectivity index (χ2v) is 6.28. The van der Waals surface area contributed by atoms with Crippen molar-refractivity contribution >= 4 is 0 Å². The molecule has 0 saturated heterocycles. The van der Waals surface area contributed by atoms with E-state index in [-0.39, 0.29) is 0 Å². The number of hydrogen-bond donors (Lipinski definition) is 0. The van der Waals surface area contributed by atoms with Crippen LogP contribution in [0.5, 0.6) is 0 Å². The maximum absolute atomic E-state index is 2.41. The highest BCUT2D eigenvalue weighted by Crippen LogP contribution is 2.21. The molecule has 0 aliphatic rings. The van der Waals surface area contributed by atoms with Gasteiger partial charge in [-0.05, 0) is 38.0 Å². The Morgan fingerprint density at radius 3 is 1.81 bits per heavy atom. The summed E-state index contributed by atoms with van der Waals surface area (Å²) in [7, 11) is 0. The van der Waals surface area contributed by atoms with Gasteiger partial charge in [0, 0.05) is 0 Å². The van der Waals surface area contributed by atoms with E-state index in [9.17, 15) is 0 Å². The van der Waals surface area contributed by atoms with Crippen LogP contribution < -0.4 is 0 Å². The molecule has 0 aromatic heterocycles. The molecule has 16 heavy (non-hydrogen) atoms. The zero-order valence-corrected chi connectivity index (χ0v) is 12.3. The van der Waals surface area contributed by atoms with Crippen molar-refractivity contribution in [2.24, 2.45) is 17.8 Å². The van der Waals surface area contributed by atoms with Gasteiger partial charge in [0.25, 0.3) is 0 Å². The van der Waals surface area contributed by atoms with Crippen molar-refractivity contribution in [2.75, 3.05) is 0 Å². The van der Waals surface area contributed by atoms with Crippen LogP contribution in [0, 0.1) is 17.8 Å². The Hall–Kier alpha value is -0.260. The summed E-state index contributed by atoms with van der Waals surface area (Å²) >= 11 is 0. The fraction of sp³-hybridized carbons (Fsp3) is 0.875. The molecular formula is C16H32. The number of rotatable bonds is 8. The summed E-state index contributed by atoms with van der Waals surface area (Å²) in [6.07, 6.45) is 9.24. The quantitative estimate of drug-likeness (QED) is 0.455. The van der Waals surface area contributed by atoms with E-state index < -0.39 is 0 Å². The molecular weight excluding hydrogens is 192 g/mol. The fourth-order valence-electron chi connectivity index (χ4n) is 1.89. The smallest absolute Gasteiger partial charge is 0.0322 e. The normalized spacial score (nSPS) is 14.9. The first-order valence-electron chi connectivity index (χ1n) is 7.05. The monoisotopic (exact) mass is 224 g/mol. The summed E-state index contributed by atoms with van der Waals surface area (Å²) in [5, 5.41) is 0. The van der Waals surface area contributed by atoms with Crippen molar-refractivity contribution in [3.8, 4) is 0 Å². The van der Waals surface area contributed by atoms with E-state index in [4.69, 9.17) is 0 Å². The molecule has 0 spiro atoms. The van der Waals surface area contributed by atoms with Crippen LogP contribution in [0.25, 0.3) is 0 Å². The summed E-state index contributed by atoms with van der Waals surface area (Å²) in [6, 6.07) is 0. The summed E-state index contributed by atoms with van der Waals surface area (Å²) in [6.45, 7) is 13.8. The Bertz CT molecular complexity index is 184. The molecule has 0 heterocycles. The molecule has 2 atom stereocenters. The lowest BCUT2D eigenvalue weighted by Gasteiger charge is -2.15. The zero-order valence-electron chi connectivity index (χ0n) is 12.3. The minimum Gasteiger partial charge on any atom is -0.0856 e. The predicted molar refractivity (Wildman–Crippen MR) is 75.7 cm³/mol. The lowest BCUT2D eigenvalue weighted by molar-refractivity contribution is 0.384. The minimum absolute atomic E-state index is 0.858. The van der Waals surface area contributed by atoms with Gasteiger partial charge >= 0.3 is 0 Å².